The monoisotopic (exact) mass is 512 g/mol. The van der Waals surface area contributed by atoms with Crippen LogP contribution in [0, 0.1) is 10.1 Å². The highest BCUT2D eigenvalue weighted by molar-refractivity contribution is 7.18. The predicted octanol–water partition coefficient (Wildman–Crippen LogP) is 5.41. The second-order valence-electron chi connectivity index (χ2n) is 7.31. The number of carbonyl (C=O) groups is 3. The Bertz CT molecular complexity index is 1240. The van der Waals surface area contributed by atoms with Crippen LogP contribution in [0.1, 0.15) is 45.0 Å². The zero-order valence-corrected chi connectivity index (χ0v) is 20.5. The number of amides is 1. The van der Waals surface area contributed by atoms with Crippen LogP contribution < -0.4 is 10.1 Å². The van der Waals surface area contributed by atoms with Crippen LogP contribution in [0.4, 0.5) is 15.5 Å². The molecule has 0 atom stereocenters. The lowest BCUT2D eigenvalue weighted by Gasteiger charge is -2.10. The van der Waals surface area contributed by atoms with Crippen molar-refractivity contribution in [3.8, 4) is 5.75 Å². The summed E-state index contributed by atoms with van der Waals surface area (Å²) < 4.78 is 15.6. The number of thiophene rings is 1. The molecule has 0 aliphatic heterocycles. The molecule has 3 rings (SSSR count). The van der Waals surface area contributed by atoms with Gasteiger partial charge >= 0.3 is 18.0 Å². The molecule has 1 aromatic heterocycles. The molecule has 2 aromatic carbocycles. The highest BCUT2D eigenvalue weighted by Gasteiger charge is 2.30. The highest BCUT2D eigenvalue weighted by atomic mass is 32.1. The van der Waals surface area contributed by atoms with Crippen molar-refractivity contribution in [1.29, 1.82) is 0 Å². The van der Waals surface area contributed by atoms with Gasteiger partial charge in [0.05, 0.1) is 23.7 Å². The van der Waals surface area contributed by atoms with Crippen molar-refractivity contribution in [3.63, 3.8) is 0 Å². The number of nitrogens with zero attached hydrogens (tertiary/aromatic N) is 1. The van der Waals surface area contributed by atoms with Crippen molar-refractivity contribution in [1.82, 2.24) is 0 Å². The van der Waals surface area contributed by atoms with E-state index in [1.165, 1.54) is 24.3 Å². The second kappa shape index (κ2) is 12.5. The van der Waals surface area contributed by atoms with E-state index in [1.807, 2.05) is 30.3 Å². The Balaban J connectivity index is 1.93. The van der Waals surface area contributed by atoms with Gasteiger partial charge < -0.3 is 14.2 Å². The van der Waals surface area contributed by atoms with Gasteiger partial charge in [0.2, 0.25) is 0 Å². The molecule has 0 spiro atoms. The van der Waals surface area contributed by atoms with Crippen molar-refractivity contribution in [2.24, 2.45) is 0 Å². The molecule has 3 aromatic rings. The van der Waals surface area contributed by atoms with Crippen molar-refractivity contribution in [2.75, 3.05) is 18.5 Å². The van der Waals surface area contributed by atoms with E-state index in [0.717, 1.165) is 16.9 Å². The van der Waals surface area contributed by atoms with Gasteiger partial charge in [-0.25, -0.2) is 14.4 Å². The summed E-state index contributed by atoms with van der Waals surface area (Å²) in [5.41, 5.74) is 1.31. The number of hydrogen-bond acceptors (Lipinski definition) is 9. The standard InChI is InChI=1S/C25H24N2O8S/c1-3-33-23(28)20-19(15-10-16-8-6-5-7-9-16)21(24(29)34-4-2)36-22(20)26-25(30)35-18-13-11-17(12-14-18)27(31)32/h5-9,11-14H,3-4,10,15H2,1-2H3,(H,26,30). The first-order chi connectivity index (χ1) is 17.3. The largest absolute Gasteiger partial charge is 0.462 e. The lowest BCUT2D eigenvalue weighted by Crippen LogP contribution is -2.18. The first-order valence-electron chi connectivity index (χ1n) is 11.1. The molecular weight excluding hydrogens is 488 g/mol. The van der Waals surface area contributed by atoms with Gasteiger partial charge in [0.1, 0.15) is 15.6 Å². The van der Waals surface area contributed by atoms with Crippen molar-refractivity contribution in [2.45, 2.75) is 26.7 Å². The van der Waals surface area contributed by atoms with Gasteiger partial charge in [0, 0.05) is 12.1 Å². The number of nitrogens with one attached hydrogen (secondary N) is 1. The summed E-state index contributed by atoms with van der Waals surface area (Å²) in [6, 6.07) is 14.5. The molecule has 0 fully saturated rings. The number of esters is 2. The molecule has 0 aliphatic rings. The number of non-ortho nitro benzene ring substituents is 1. The summed E-state index contributed by atoms with van der Waals surface area (Å²) >= 11 is 0.892. The lowest BCUT2D eigenvalue weighted by atomic mass is 10.0. The van der Waals surface area contributed by atoms with Gasteiger partial charge in [0.25, 0.3) is 5.69 Å². The number of carbonyl (C=O) groups excluding carboxylic acids is 3. The van der Waals surface area contributed by atoms with E-state index in [-0.39, 0.29) is 40.1 Å². The zero-order chi connectivity index (χ0) is 26.1. The second-order valence-corrected chi connectivity index (χ2v) is 8.33. The van der Waals surface area contributed by atoms with Crippen LogP contribution >= 0.6 is 11.3 Å². The summed E-state index contributed by atoms with van der Waals surface area (Å²) in [6.07, 6.45) is -0.0917. The molecule has 36 heavy (non-hydrogen) atoms. The maximum atomic E-state index is 12.9. The molecule has 0 aliphatic carbocycles. The van der Waals surface area contributed by atoms with Gasteiger partial charge in [-0.3, -0.25) is 15.4 Å². The van der Waals surface area contributed by atoms with E-state index in [1.54, 1.807) is 13.8 Å². The van der Waals surface area contributed by atoms with E-state index in [9.17, 15) is 24.5 Å². The Morgan fingerprint density at radius 1 is 0.917 bits per heavy atom. The molecule has 1 heterocycles. The normalized spacial score (nSPS) is 10.4. The summed E-state index contributed by atoms with van der Waals surface area (Å²) in [6.45, 7) is 3.54. The molecule has 0 radical (unpaired) electrons. The fourth-order valence-electron chi connectivity index (χ4n) is 3.35. The van der Waals surface area contributed by atoms with Crippen molar-refractivity contribution in [3.05, 3.63) is 86.3 Å². The Kier molecular flexibility index (Phi) is 9.12. The lowest BCUT2D eigenvalue weighted by molar-refractivity contribution is -0.384. The average Bonchev–Trinajstić information content (AvgIpc) is 3.22. The first kappa shape index (κ1) is 26.4. The van der Waals surface area contributed by atoms with E-state index in [2.05, 4.69) is 5.32 Å². The summed E-state index contributed by atoms with van der Waals surface area (Å²) in [4.78, 5) is 48.7. The molecule has 0 saturated heterocycles. The number of anilines is 1. The summed E-state index contributed by atoms with van der Waals surface area (Å²) in [5.74, 6) is -1.26. The van der Waals surface area contributed by atoms with Crippen LogP contribution in [0.3, 0.4) is 0 Å². The number of benzene rings is 2. The topological polar surface area (TPSA) is 134 Å². The summed E-state index contributed by atoms with van der Waals surface area (Å²) in [7, 11) is 0. The zero-order valence-electron chi connectivity index (χ0n) is 19.6. The third-order valence-corrected chi connectivity index (χ3v) is 6.06. The molecule has 0 bridgehead atoms. The van der Waals surface area contributed by atoms with Crippen LogP contribution in [-0.4, -0.2) is 36.2 Å². The van der Waals surface area contributed by atoms with Gasteiger partial charge in [-0.1, -0.05) is 30.3 Å². The van der Waals surface area contributed by atoms with E-state index >= 15 is 0 Å². The van der Waals surface area contributed by atoms with Crippen LogP contribution in [-0.2, 0) is 22.3 Å². The van der Waals surface area contributed by atoms with E-state index in [0.29, 0.717) is 18.4 Å². The minimum Gasteiger partial charge on any atom is -0.462 e. The Labute approximate surface area is 210 Å². The Morgan fingerprint density at radius 3 is 2.17 bits per heavy atom. The maximum Gasteiger partial charge on any atom is 0.417 e. The molecule has 1 N–H and O–H groups in total. The Morgan fingerprint density at radius 2 is 1.56 bits per heavy atom. The fourth-order valence-corrected chi connectivity index (χ4v) is 4.46. The van der Waals surface area contributed by atoms with Crippen molar-refractivity contribution < 1.29 is 33.5 Å². The molecule has 10 nitrogen and oxygen atoms in total. The number of nitro groups is 1. The summed E-state index contributed by atoms with van der Waals surface area (Å²) in [5, 5.41) is 13.4. The molecule has 188 valence electrons. The van der Waals surface area contributed by atoms with E-state index in [4.69, 9.17) is 14.2 Å². The van der Waals surface area contributed by atoms with Gasteiger partial charge in [-0.05, 0) is 49.9 Å². The minimum absolute atomic E-state index is 0.0569. The quantitative estimate of drug-likeness (QED) is 0.217. The fraction of sp³-hybridized carbons (Fsp3) is 0.240. The number of hydrogen-bond donors (Lipinski definition) is 1. The molecular formula is C25H24N2O8S. The predicted molar refractivity (Wildman–Crippen MR) is 133 cm³/mol. The third kappa shape index (κ3) is 6.66. The minimum atomic E-state index is -0.944. The number of aryl methyl sites for hydroxylation is 1. The Hall–Kier alpha value is -4.25. The first-order valence-corrected chi connectivity index (χ1v) is 11.9. The van der Waals surface area contributed by atoms with Gasteiger partial charge in [-0.2, -0.15) is 0 Å². The van der Waals surface area contributed by atoms with Crippen LogP contribution in [0.25, 0.3) is 0 Å². The van der Waals surface area contributed by atoms with Crippen LogP contribution in [0.2, 0.25) is 0 Å². The number of ether oxygens (including phenoxy) is 3. The smallest absolute Gasteiger partial charge is 0.417 e. The van der Waals surface area contributed by atoms with Gasteiger partial charge in [0.15, 0.2) is 0 Å². The third-order valence-electron chi connectivity index (χ3n) is 4.93. The SMILES string of the molecule is CCOC(=O)c1sc(NC(=O)Oc2ccc([N+](=O)[O-])cc2)c(C(=O)OCC)c1CCc1ccccc1. The van der Waals surface area contributed by atoms with Crippen molar-refractivity contribution >= 4 is 40.1 Å². The average molecular weight is 513 g/mol. The molecule has 1 amide bonds. The maximum absolute atomic E-state index is 12.9. The highest BCUT2D eigenvalue weighted by Crippen LogP contribution is 2.36. The van der Waals surface area contributed by atoms with Gasteiger partial charge in [-0.15, -0.1) is 11.3 Å². The number of nitro benzene ring substituents is 1. The molecule has 11 heteroatoms. The van der Waals surface area contributed by atoms with E-state index < -0.39 is 23.0 Å². The van der Waals surface area contributed by atoms with Crippen LogP contribution in [0.5, 0.6) is 5.75 Å². The number of rotatable bonds is 10. The molecule has 0 unspecified atom stereocenters. The molecule has 0 saturated carbocycles. The van der Waals surface area contributed by atoms with Crippen LogP contribution in [0.15, 0.2) is 54.6 Å².